The molecule has 1 aromatic carbocycles. The molecule has 0 unspecified atom stereocenters. The Kier molecular flexibility index (Phi) is 4.08. The van der Waals surface area contributed by atoms with Crippen LogP contribution in [0.2, 0.25) is 0 Å². The van der Waals surface area contributed by atoms with Crippen molar-refractivity contribution in [3.05, 3.63) is 46.8 Å². The number of carbonyl (C=O) groups excluding carboxylic acids is 1. The highest BCUT2D eigenvalue weighted by Crippen LogP contribution is 2.12. The maximum absolute atomic E-state index is 11.9. The van der Waals surface area contributed by atoms with Gasteiger partial charge < -0.3 is 10.4 Å². The van der Waals surface area contributed by atoms with Gasteiger partial charge in [0.25, 0.3) is 0 Å². The molecular weight excluding hydrogens is 254 g/mol. The lowest BCUT2D eigenvalue weighted by atomic mass is 10.1. The molecule has 0 fully saturated rings. The standard InChI is InChI=1S/C15H19N3O2/c1-10-14(11(2)18(3)17-10)9-16-15(20)8-12-4-6-13(19)7-5-12/h4-7,19H,8-9H2,1-3H3,(H,16,20). The normalized spacial score (nSPS) is 10.6. The zero-order valence-electron chi connectivity index (χ0n) is 12.0. The molecule has 0 atom stereocenters. The van der Waals surface area contributed by atoms with E-state index in [4.69, 9.17) is 0 Å². The van der Waals surface area contributed by atoms with Crippen LogP contribution in [0, 0.1) is 13.8 Å². The van der Waals surface area contributed by atoms with Crippen molar-refractivity contribution in [1.29, 1.82) is 0 Å². The number of aromatic nitrogens is 2. The molecule has 2 rings (SSSR count). The van der Waals surface area contributed by atoms with E-state index in [0.29, 0.717) is 13.0 Å². The highest BCUT2D eigenvalue weighted by molar-refractivity contribution is 5.78. The Morgan fingerprint density at radius 1 is 1.30 bits per heavy atom. The van der Waals surface area contributed by atoms with Crippen LogP contribution in [0.25, 0.3) is 0 Å². The first kappa shape index (κ1) is 14.1. The van der Waals surface area contributed by atoms with Crippen LogP contribution >= 0.6 is 0 Å². The SMILES string of the molecule is Cc1nn(C)c(C)c1CNC(=O)Cc1ccc(O)cc1. The van der Waals surface area contributed by atoms with Gasteiger partial charge in [-0.3, -0.25) is 9.48 Å². The number of carbonyl (C=O) groups is 1. The minimum atomic E-state index is -0.0432. The van der Waals surface area contributed by atoms with E-state index in [1.165, 1.54) is 0 Å². The lowest BCUT2D eigenvalue weighted by Gasteiger charge is -2.06. The largest absolute Gasteiger partial charge is 0.508 e. The number of rotatable bonds is 4. The number of benzene rings is 1. The molecular formula is C15H19N3O2. The second-order valence-corrected chi connectivity index (χ2v) is 4.89. The number of nitrogens with zero attached hydrogens (tertiary/aromatic N) is 2. The fraction of sp³-hybridized carbons (Fsp3) is 0.333. The van der Waals surface area contributed by atoms with Gasteiger partial charge in [0.2, 0.25) is 5.91 Å². The quantitative estimate of drug-likeness (QED) is 0.889. The average Bonchev–Trinajstić information content (AvgIpc) is 2.64. The van der Waals surface area contributed by atoms with Crippen molar-refractivity contribution < 1.29 is 9.90 Å². The van der Waals surface area contributed by atoms with Gasteiger partial charge in [0.1, 0.15) is 5.75 Å². The van der Waals surface area contributed by atoms with Crippen molar-refractivity contribution in [3.8, 4) is 5.75 Å². The minimum Gasteiger partial charge on any atom is -0.508 e. The molecule has 0 saturated heterocycles. The van der Waals surface area contributed by atoms with Gasteiger partial charge in [0, 0.05) is 24.8 Å². The summed E-state index contributed by atoms with van der Waals surface area (Å²) >= 11 is 0. The summed E-state index contributed by atoms with van der Waals surface area (Å²) in [6, 6.07) is 6.65. The second kappa shape index (κ2) is 5.77. The van der Waals surface area contributed by atoms with Crippen LogP contribution < -0.4 is 5.32 Å². The maximum atomic E-state index is 11.9. The zero-order valence-corrected chi connectivity index (χ0v) is 12.0. The molecule has 20 heavy (non-hydrogen) atoms. The molecule has 0 aliphatic carbocycles. The van der Waals surface area contributed by atoms with E-state index in [9.17, 15) is 9.90 Å². The Bertz CT molecular complexity index is 615. The molecule has 106 valence electrons. The molecule has 0 saturated carbocycles. The molecule has 0 aliphatic heterocycles. The number of hydrogen-bond donors (Lipinski definition) is 2. The summed E-state index contributed by atoms with van der Waals surface area (Å²) in [4.78, 5) is 11.9. The molecule has 5 nitrogen and oxygen atoms in total. The van der Waals surface area contributed by atoms with Gasteiger partial charge in [0.05, 0.1) is 12.1 Å². The van der Waals surface area contributed by atoms with Crippen LogP contribution in [-0.2, 0) is 24.8 Å². The predicted octanol–water partition coefficient (Wildman–Crippen LogP) is 1.60. The summed E-state index contributed by atoms with van der Waals surface area (Å²) in [7, 11) is 1.89. The number of phenols is 1. The fourth-order valence-electron chi connectivity index (χ4n) is 2.12. The third kappa shape index (κ3) is 3.17. The van der Waals surface area contributed by atoms with Crippen LogP contribution in [0.5, 0.6) is 5.75 Å². The van der Waals surface area contributed by atoms with Crippen LogP contribution in [0.1, 0.15) is 22.5 Å². The first-order chi connectivity index (χ1) is 9.47. The van der Waals surface area contributed by atoms with Crippen molar-refractivity contribution in [2.75, 3.05) is 0 Å². The van der Waals surface area contributed by atoms with Gasteiger partial charge in [-0.15, -0.1) is 0 Å². The fourth-order valence-corrected chi connectivity index (χ4v) is 2.12. The first-order valence-corrected chi connectivity index (χ1v) is 6.51. The number of aromatic hydroxyl groups is 1. The van der Waals surface area contributed by atoms with Gasteiger partial charge in [-0.2, -0.15) is 5.10 Å². The lowest BCUT2D eigenvalue weighted by Crippen LogP contribution is -2.25. The van der Waals surface area contributed by atoms with Crippen molar-refractivity contribution in [1.82, 2.24) is 15.1 Å². The molecule has 0 aliphatic rings. The van der Waals surface area contributed by atoms with E-state index in [1.54, 1.807) is 24.3 Å². The van der Waals surface area contributed by atoms with Crippen LogP contribution in [0.4, 0.5) is 0 Å². The van der Waals surface area contributed by atoms with Crippen LogP contribution in [0.3, 0.4) is 0 Å². The Labute approximate surface area is 118 Å². The number of aryl methyl sites for hydroxylation is 2. The molecule has 2 aromatic rings. The molecule has 0 bridgehead atoms. The van der Waals surface area contributed by atoms with Gasteiger partial charge >= 0.3 is 0 Å². The lowest BCUT2D eigenvalue weighted by molar-refractivity contribution is -0.120. The summed E-state index contributed by atoms with van der Waals surface area (Å²) in [6.45, 7) is 4.42. The minimum absolute atomic E-state index is 0.0432. The molecule has 5 heteroatoms. The summed E-state index contributed by atoms with van der Waals surface area (Å²) in [5, 5.41) is 16.4. The van der Waals surface area contributed by atoms with E-state index in [1.807, 2.05) is 25.6 Å². The summed E-state index contributed by atoms with van der Waals surface area (Å²) in [6.07, 6.45) is 0.304. The Morgan fingerprint density at radius 2 is 1.95 bits per heavy atom. The summed E-state index contributed by atoms with van der Waals surface area (Å²) < 4.78 is 1.82. The Morgan fingerprint density at radius 3 is 2.50 bits per heavy atom. The van der Waals surface area contributed by atoms with E-state index in [-0.39, 0.29) is 11.7 Å². The third-order valence-corrected chi connectivity index (χ3v) is 3.42. The number of nitrogens with one attached hydrogen (secondary N) is 1. The van der Waals surface area contributed by atoms with E-state index in [0.717, 1.165) is 22.5 Å². The highest BCUT2D eigenvalue weighted by Gasteiger charge is 2.10. The Hall–Kier alpha value is -2.30. The molecule has 2 N–H and O–H groups in total. The van der Waals surface area contributed by atoms with E-state index in [2.05, 4.69) is 10.4 Å². The topological polar surface area (TPSA) is 67.2 Å². The zero-order chi connectivity index (χ0) is 14.7. The number of amides is 1. The van der Waals surface area contributed by atoms with Gasteiger partial charge in [-0.05, 0) is 31.5 Å². The molecule has 1 amide bonds. The molecule has 0 spiro atoms. The van der Waals surface area contributed by atoms with Crippen molar-refractivity contribution >= 4 is 5.91 Å². The van der Waals surface area contributed by atoms with E-state index < -0.39 is 0 Å². The van der Waals surface area contributed by atoms with Crippen molar-refractivity contribution in [2.45, 2.75) is 26.8 Å². The smallest absolute Gasteiger partial charge is 0.224 e. The third-order valence-electron chi connectivity index (χ3n) is 3.42. The van der Waals surface area contributed by atoms with Crippen LogP contribution in [0.15, 0.2) is 24.3 Å². The highest BCUT2D eigenvalue weighted by atomic mass is 16.3. The van der Waals surface area contributed by atoms with Gasteiger partial charge in [-0.25, -0.2) is 0 Å². The van der Waals surface area contributed by atoms with Crippen molar-refractivity contribution in [2.24, 2.45) is 7.05 Å². The van der Waals surface area contributed by atoms with Gasteiger partial charge in [-0.1, -0.05) is 12.1 Å². The summed E-state index contributed by atoms with van der Waals surface area (Å²) in [5.41, 5.74) is 3.94. The van der Waals surface area contributed by atoms with Crippen molar-refractivity contribution in [3.63, 3.8) is 0 Å². The van der Waals surface area contributed by atoms with Crippen LogP contribution in [-0.4, -0.2) is 20.8 Å². The molecule has 1 aromatic heterocycles. The number of hydrogen-bond acceptors (Lipinski definition) is 3. The Balaban J connectivity index is 1.94. The predicted molar refractivity (Wildman–Crippen MR) is 76.3 cm³/mol. The van der Waals surface area contributed by atoms with E-state index >= 15 is 0 Å². The monoisotopic (exact) mass is 273 g/mol. The average molecular weight is 273 g/mol. The molecule has 0 radical (unpaired) electrons. The number of phenolic OH excluding ortho intramolecular Hbond substituents is 1. The second-order valence-electron chi connectivity index (χ2n) is 4.89. The van der Waals surface area contributed by atoms with Gasteiger partial charge in [0.15, 0.2) is 0 Å². The first-order valence-electron chi connectivity index (χ1n) is 6.51. The summed E-state index contributed by atoms with van der Waals surface area (Å²) in [5.74, 6) is 0.161. The molecule has 1 heterocycles. The maximum Gasteiger partial charge on any atom is 0.224 e.